The number of methoxy groups -OCH3 is 1. The fourth-order valence-corrected chi connectivity index (χ4v) is 4.54. The molecule has 39 heavy (non-hydrogen) atoms. The lowest BCUT2D eigenvalue weighted by atomic mass is 10.1. The van der Waals surface area contributed by atoms with E-state index in [9.17, 15) is 18.0 Å². The van der Waals surface area contributed by atoms with Crippen molar-refractivity contribution in [3.63, 3.8) is 0 Å². The van der Waals surface area contributed by atoms with Crippen LogP contribution in [0, 0.1) is 13.8 Å². The van der Waals surface area contributed by atoms with Crippen molar-refractivity contribution < 1.29 is 17.9 Å². The number of fused-ring (bicyclic) bond motifs is 1. The molecule has 0 aliphatic rings. The number of rotatable bonds is 8. The third-order valence-electron chi connectivity index (χ3n) is 5.85. The molecule has 4 aromatic rings. The molecule has 8 nitrogen and oxygen atoms in total. The van der Waals surface area contributed by atoms with Gasteiger partial charge in [-0.1, -0.05) is 50.2 Å². The van der Waals surface area contributed by atoms with E-state index < -0.39 is 10.0 Å². The first-order chi connectivity index (χ1) is 18.6. The third kappa shape index (κ3) is 9.00. The van der Waals surface area contributed by atoms with E-state index in [0.29, 0.717) is 35.5 Å². The fourth-order valence-electron chi connectivity index (χ4n) is 3.67. The van der Waals surface area contributed by atoms with Gasteiger partial charge < -0.3 is 15.0 Å². The van der Waals surface area contributed by atoms with E-state index in [2.05, 4.69) is 10.3 Å². The van der Waals surface area contributed by atoms with Crippen molar-refractivity contribution in [1.29, 1.82) is 0 Å². The average Bonchev–Trinajstić information content (AvgIpc) is 2.93. The third-order valence-corrected chi connectivity index (χ3v) is 6.99. The molecule has 4 rings (SSSR count). The van der Waals surface area contributed by atoms with Gasteiger partial charge in [0.25, 0.3) is 5.56 Å². The summed E-state index contributed by atoms with van der Waals surface area (Å²) in [5, 5.41) is 3.36. The molecule has 0 aliphatic heterocycles. The maximum absolute atomic E-state index is 12.5. The summed E-state index contributed by atoms with van der Waals surface area (Å²) in [5.41, 5.74) is 4.42. The van der Waals surface area contributed by atoms with Crippen molar-refractivity contribution in [1.82, 2.24) is 10.3 Å². The smallest absolute Gasteiger partial charge is 0.253 e. The minimum atomic E-state index is -3.57. The van der Waals surface area contributed by atoms with E-state index >= 15 is 0 Å². The highest BCUT2D eigenvalue weighted by Crippen LogP contribution is 2.24. The molecule has 0 fully saturated rings. The zero-order valence-corrected chi connectivity index (χ0v) is 24.1. The molecular formula is C30H37N3O5S. The number of aryl methyl sites for hydroxylation is 2. The number of hydrogen-bond donors (Lipinski definition) is 2. The Bertz CT molecular complexity index is 1530. The second-order valence-electron chi connectivity index (χ2n) is 8.60. The number of H-pyrrole nitrogens is 1. The summed E-state index contributed by atoms with van der Waals surface area (Å²) in [6.45, 7) is 8.45. The Morgan fingerprint density at radius 2 is 1.64 bits per heavy atom. The number of anilines is 1. The Labute approximate surface area is 230 Å². The van der Waals surface area contributed by atoms with Crippen LogP contribution >= 0.6 is 0 Å². The highest BCUT2D eigenvalue weighted by molar-refractivity contribution is 7.92. The summed E-state index contributed by atoms with van der Waals surface area (Å²) in [6.07, 6.45) is 1.84. The Morgan fingerprint density at radius 1 is 0.949 bits per heavy atom. The van der Waals surface area contributed by atoms with Crippen LogP contribution in [0.1, 0.15) is 36.1 Å². The Balaban J connectivity index is 0.000000372. The molecule has 1 aromatic heterocycles. The first-order valence-corrected chi connectivity index (χ1v) is 14.4. The molecule has 3 aromatic carbocycles. The number of pyridine rings is 1. The molecule has 0 saturated carbocycles. The largest absolute Gasteiger partial charge is 0.497 e. The Morgan fingerprint density at radius 3 is 2.23 bits per heavy atom. The predicted molar refractivity (Wildman–Crippen MR) is 159 cm³/mol. The van der Waals surface area contributed by atoms with Crippen LogP contribution in [-0.4, -0.2) is 33.2 Å². The molecule has 1 heterocycles. The van der Waals surface area contributed by atoms with E-state index in [4.69, 9.17) is 4.74 Å². The molecule has 0 spiro atoms. The molecule has 0 saturated heterocycles. The average molecular weight is 552 g/mol. The molecule has 0 bridgehead atoms. The second-order valence-corrected chi connectivity index (χ2v) is 10.5. The van der Waals surface area contributed by atoms with Crippen molar-refractivity contribution in [3.8, 4) is 5.75 Å². The van der Waals surface area contributed by atoms with E-state index in [0.717, 1.165) is 28.3 Å². The number of nitrogens with one attached hydrogen (secondary N) is 2. The minimum absolute atomic E-state index is 0.0518. The van der Waals surface area contributed by atoms with Crippen molar-refractivity contribution in [3.05, 3.63) is 105 Å². The first-order valence-electron chi connectivity index (χ1n) is 12.6. The molecule has 0 atom stereocenters. The lowest BCUT2D eigenvalue weighted by Crippen LogP contribution is -2.32. The molecule has 0 aliphatic carbocycles. The maximum Gasteiger partial charge on any atom is 0.253 e. The van der Waals surface area contributed by atoms with Gasteiger partial charge in [0, 0.05) is 23.0 Å². The van der Waals surface area contributed by atoms with Gasteiger partial charge in [-0.3, -0.25) is 13.9 Å². The van der Waals surface area contributed by atoms with Crippen molar-refractivity contribution in [2.45, 2.75) is 40.8 Å². The number of amides is 1. The molecular weight excluding hydrogens is 514 g/mol. The Kier molecular flexibility index (Phi) is 11.7. The van der Waals surface area contributed by atoms with E-state index in [1.54, 1.807) is 37.4 Å². The topological polar surface area (TPSA) is 109 Å². The number of aromatic nitrogens is 1. The summed E-state index contributed by atoms with van der Waals surface area (Å²) in [4.78, 5) is 25.2. The maximum atomic E-state index is 12.5. The van der Waals surface area contributed by atoms with E-state index in [1.165, 1.54) is 4.31 Å². The number of hydrogen-bond acceptors (Lipinski definition) is 5. The predicted octanol–water partition coefficient (Wildman–Crippen LogP) is 5.08. The van der Waals surface area contributed by atoms with Gasteiger partial charge in [-0.25, -0.2) is 8.42 Å². The van der Waals surface area contributed by atoms with Crippen LogP contribution < -0.4 is 19.9 Å². The molecule has 0 radical (unpaired) electrons. The van der Waals surface area contributed by atoms with Gasteiger partial charge in [0.15, 0.2) is 0 Å². The lowest BCUT2D eigenvalue weighted by molar-refractivity contribution is -0.109. The molecule has 208 valence electrons. The number of carbonyl (C=O) groups excluding carboxylic acids is 1. The van der Waals surface area contributed by atoms with Crippen LogP contribution in [0.3, 0.4) is 0 Å². The summed E-state index contributed by atoms with van der Waals surface area (Å²) in [5.74, 6) is 0.662. The normalized spacial score (nSPS) is 10.4. The van der Waals surface area contributed by atoms with Crippen LogP contribution in [0.2, 0.25) is 0 Å². The summed E-state index contributed by atoms with van der Waals surface area (Å²) in [7, 11) is -2.00. The van der Waals surface area contributed by atoms with Crippen molar-refractivity contribution in [2.24, 2.45) is 0 Å². The summed E-state index contributed by atoms with van der Waals surface area (Å²) < 4.78 is 31.3. The van der Waals surface area contributed by atoms with Crippen LogP contribution in [0.5, 0.6) is 5.75 Å². The minimum Gasteiger partial charge on any atom is -0.497 e. The van der Waals surface area contributed by atoms with Crippen molar-refractivity contribution in [2.75, 3.05) is 17.7 Å². The molecule has 1 amide bonds. The first kappa shape index (κ1) is 31.1. The van der Waals surface area contributed by atoms with Crippen LogP contribution in [-0.2, 0) is 27.9 Å². The van der Waals surface area contributed by atoms with E-state index in [1.807, 2.05) is 70.2 Å². The van der Waals surface area contributed by atoms with Gasteiger partial charge in [-0.05, 0) is 66.9 Å². The zero-order valence-electron chi connectivity index (χ0n) is 23.3. The van der Waals surface area contributed by atoms with Gasteiger partial charge in [-0.15, -0.1) is 0 Å². The highest BCUT2D eigenvalue weighted by Gasteiger charge is 2.20. The van der Waals surface area contributed by atoms with E-state index in [-0.39, 0.29) is 12.1 Å². The van der Waals surface area contributed by atoms with Crippen LogP contribution in [0.15, 0.2) is 77.6 Å². The number of aromatic amines is 1. The number of sulfonamides is 1. The SMILES string of the molecule is CC.COc1ccc2[nH]c(=O)c(CN(c3ccc(C)c(C)c3)S(C)(=O)=O)cc2c1.O=CNCc1ccccc1. The molecule has 9 heteroatoms. The van der Waals surface area contributed by atoms with Gasteiger partial charge in [0.2, 0.25) is 16.4 Å². The molecule has 0 unspecified atom stereocenters. The standard InChI is InChI=1S/C20H22N2O4S.C8H9NO.C2H6/c1-13-5-6-17(9-14(13)2)22(27(4,24)25)12-16-10-15-11-18(26-3)7-8-19(15)21-20(16)23;10-7-9-6-8-4-2-1-3-5-8;1-2/h5-11H,12H2,1-4H3,(H,21,23);1-5,7H,6H2,(H,9,10);1-2H3. The fraction of sp³-hybridized carbons (Fsp3) is 0.267. The summed E-state index contributed by atoms with van der Waals surface area (Å²) >= 11 is 0. The second kappa shape index (κ2) is 14.7. The van der Waals surface area contributed by atoms with Gasteiger partial charge >= 0.3 is 0 Å². The van der Waals surface area contributed by atoms with Gasteiger partial charge in [0.1, 0.15) is 5.75 Å². The Hall–Kier alpha value is -4.11. The van der Waals surface area contributed by atoms with Gasteiger partial charge in [0.05, 0.1) is 25.6 Å². The van der Waals surface area contributed by atoms with Crippen molar-refractivity contribution >= 4 is 33.0 Å². The quantitative estimate of drug-likeness (QED) is 0.297. The van der Waals surface area contributed by atoms with Crippen LogP contribution in [0.4, 0.5) is 5.69 Å². The van der Waals surface area contributed by atoms with Crippen LogP contribution in [0.25, 0.3) is 10.9 Å². The number of ether oxygens (including phenoxy) is 1. The number of benzene rings is 3. The highest BCUT2D eigenvalue weighted by atomic mass is 32.2. The summed E-state index contributed by atoms with van der Waals surface area (Å²) in [6, 6.07) is 22.2. The number of carbonyl (C=O) groups is 1. The van der Waals surface area contributed by atoms with Gasteiger partial charge in [-0.2, -0.15) is 0 Å². The monoisotopic (exact) mass is 551 g/mol. The number of nitrogens with zero attached hydrogens (tertiary/aromatic N) is 1. The zero-order chi connectivity index (χ0) is 29.0. The molecule has 2 N–H and O–H groups in total. The lowest BCUT2D eigenvalue weighted by Gasteiger charge is -2.23.